The summed E-state index contributed by atoms with van der Waals surface area (Å²) in [6.07, 6.45) is 0. The molecule has 0 aliphatic heterocycles. The van der Waals surface area contributed by atoms with E-state index in [1.807, 2.05) is 6.92 Å². The molecule has 0 aliphatic rings. The van der Waals surface area contributed by atoms with Crippen LogP contribution < -0.4 is 5.32 Å². The van der Waals surface area contributed by atoms with Crippen LogP contribution in [0, 0.1) is 5.82 Å². The van der Waals surface area contributed by atoms with Crippen molar-refractivity contribution < 1.29 is 8.60 Å². The van der Waals surface area contributed by atoms with E-state index in [-0.39, 0.29) is 5.82 Å². The van der Waals surface area contributed by atoms with Gasteiger partial charge < -0.3 is 5.32 Å². The van der Waals surface area contributed by atoms with Crippen LogP contribution in [0.4, 0.5) is 4.39 Å². The lowest BCUT2D eigenvalue weighted by Crippen LogP contribution is -2.21. The predicted octanol–water partition coefficient (Wildman–Crippen LogP) is 2.34. The Balaban J connectivity index is 2.35. The average Bonchev–Trinajstić information content (AvgIpc) is 2.26. The molecule has 0 aromatic heterocycles. The third kappa shape index (κ3) is 4.60. The summed E-state index contributed by atoms with van der Waals surface area (Å²) in [5.41, 5.74) is 0.576. The Morgan fingerprint density at radius 2 is 2.25 bits per heavy atom. The molecule has 0 radical (unpaired) electrons. The van der Waals surface area contributed by atoms with E-state index in [2.05, 4.69) is 5.32 Å². The molecule has 1 atom stereocenters. The molecule has 0 saturated carbocycles. The summed E-state index contributed by atoms with van der Waals surface area (Å²) < 4.78 is 24.4. The van der Waals surface area contributed by atoms with Crippen molar-refractivity contribution in [3.63, 3.8) is 0 Å². The summed E-state index contributed by atoms with van der Waals surface area (Å²) >= 11 is 5.64. The molecule has 1 aromatic rings. The van der Waals surface area contributed by atoms with E-state index in [0.717, 1.165) is 0 Å². The topological polar surface area (TPSA) is 29.1 Å². The van der Waals surface area contributed by atoms with E-state index in [4.69, 9.17) is 11.6 Å². The Kier molecular flexibility index (Phi) is 5.95. The second-order valence-electron chi connectivity index (χ2n) is 3.35. The fourth-order valence-electron chi connectivity index (χ4n) is 1.22. The van der Waals surface area contributed by atoms with Crippen LogP contribution in [-0.4, -0.2) is 22.3 Å². The zero-order valence-electron chi connectivity index (χ0n) is 9.13. The van der Waals surface area contributed by atoms with Gasteiger partial charge in [-0.2, -0.15) is 0 Å². The molecule has 1 unspecified atom stereocenters. The molecule has 0 fully saturated rings. The number of benzene rings is 1. The third-order valence-electron chi connectivity index (χ3n) is 2.16. The molecule has 2 nitrogen and oxygen atoms in total. The first-order chi connectivity index (χ1) is 7.63. The minimum Gasteiger partial charge on any atom is -0.312 e. The van der Waals surface area contributed by atoms with Crippen molar-refractivity contribution in [2.75, 3.05) is 18.1 Å². The lowest BCUT2D eigenvalue weighted by molar-refractivity contribution is 0.593. The molecule has 0 saturated heterocycles. The smallest absolute Gasteiger partial charge is 0.129 e. The van der Waals surface area contributed by atoms with Crippen LogP contribution >= 0.6 is 11.6 Å². The Morgan fingerprint density at radius 1 is 1.50 bits per heavy atom. The van der Waals surface area contributed by atoms with Gasteiger partial charge in [-0.3, -0.25) is 4.21 Å². The first-order valence-electron chi connectivity index (χ1n) is 5.13. The molecule has 1 aromatic carbocycles. The minimum atomic E-state index is -0.771. The van der Waals surface area contributed by atoms with Gasteiger partial charge in [-0.15, -0.1) is 0 Å². The van der Waals surface area contributed by atoms with E-state index in [0.29, 0.717) is 35.2 Å². The highest BCUT2D eigenvalue weighted by atomic mass is 35.5. The standard InChI is InChI=1S/C11H15ClFNOS/c1-2-16(15)6-5-14-8-9-3-4-10(12)7-11(9)13/h3-4,7,14H,2,5-6,8H2,1H3. The second kappa shape index (κ2) is 6.99. The van der Waals surface area contributed by atoms with Gasteiger partial charge in [-0.25, -0.2) is 4.39 Å². The number of hydrogen-bond acceptors (Lipinski definition) is 2. The molecule has 16 heavy (non-hydrogen) atoms. The van der Waals surface area contributed by atoms with Crippen molar-refractivity contribution in [1.29, 1.82) is 0 Å². The fourth-order valence-corrected chi connectivity index (χ4v) is 2.04. The van der Waals surface area contributed by atoms with Crippen LogP contribution in [0.25, 0.3) is 0 Å². The molecule has 1 N–H and O–H groups in total. The van der Waals surface area contributed by atoms with Gasteiger partial charge in [0.15, 0.2) is 0 Å². The SMILES string of the molecule is CCS(=O)CCNCc1ccc(Cl)cc1F. The average molecular weight is 264 g/mol. The van der Waals surface area contributed by atoms with Crippen molar-refractivity contribution in [2.24, 2.45) is 0 Å². The van der Waals surface area contributed by atoms with Gasteiger partial charge in [0, 0.05) is 46.0 Å². The quantitative estimate of drug-likeness (QED) is 0.799. The lowest BCUT2D eigenvalue weighted by Gasteiger charge is -2.05. The van der Waals surface area contributed by atoms with Crippen molar-refractivity contribution in [1.82, 2.24) is 5.32 Å². The molecule has 1 rings (SSSR count). The monoisotopic (exact) mass is 263 g/mol. The Morgan fingerprint density at radius 3 is 2.88 bits per heavy atom. The first kappa shape index (κ1) is 13.6. The predicted molar refractivity (Wildman–Crippen MR) is 66.7 cm³/mol. The normalized spacial score (nSPS) is 12.7. The van der Waals surface area contributed by atoms with Gasteiger partial charge >= 0.3 is 0 Å². The number of hydrogen-bond donors (Lipinski definition) is 1. The Labute approximate surface area is 103 Å². The maximum Gasteiger partial charge on any atom is 0.129 e. The Bertz CT molecular complexity index is 373. The highest BCUT2D eigenvalue weighted by Crippen LogP contribution is 2.14. The van der Waals surface area contributed by atoms with Crippen molar-refractivity contribution in [3.8, 4) is 0 Å². The van der Waals surface area contributed by atoms with Crippen LogP contribution in [0.3, 0.4) is 0 Å². The lowest BCUT2D eigenvalue weighted by atomic mass is 10.2. The van der Waals surface area contributed by atoms with E-state index in [1.165, 1.54) is 6.07 Å². The van der Waals surface area contributed by atoms with Crippen LogP contribution in [-0.2, 0) is 17.3 Å². The summed E-state index contributed by atoms with van der Waals surface area (Å²) in [6.45, 7) is 2.95. The highest BCUT2D eigenvalue weighted by molar-refractivity contribution is 7.84. The molecule has 0 heterocycles. The largest absolute Gasteiger partial charge is 0.312 e. The molecular weight excluding hydrogens is 249 g/mol. The maximum atomic E-state index is 13.3. The Hall–Kier alpha value is -0.450. The number of nitrogens with one attached hydrogen (secondary N) is 1. The zero-order valence-corrected chi connectivity index (χ0v) is 10.7. The maximum absolute atomic E-state index is 13.3. The number of halogens is 2. The van der Waals surface area contributed by atoms with Crippen molar-refractivity contribution in [3.05, 3.63) is 34.6 Å². The van der Waals surface area contributed by atoms with Gasteiger partial charge in [-0.05, 0) is 12.1 Å². The fraction of sp³-hybridized carbons (Fsp3) is 0.455. The summed E-state index contributed by atoms with van der Waals surface area (Å²) in [5, 5.41) is 3.45. The van der Waals surface area contributed by atoms with Gasteiger partial charge in [0.2, 0.25) is 0 Å². The minimum absolute atomic E-state index is 0.309. The van der Waals surface area contributed by atoms with Gasteiger partial charge in [0.1, 0.15) is 5.82 Å². The molecule has 0 spiro atoms. The van der Waals surface area contributed by atoms with E-state index < -0.39 is 10.8 Å². The summed E-state index contributed by atoms with van der Waals surface area (Å²) in [5.74, 6) is 0.958. The third-order valence-corrected chi connectivity index (χ3v) is 3.70. The molecule has 5 heteroatoms. The molecular formula is C11H15ClFNOS. The summed E-state index contributed by atoms with van der Waals surface area (Å²) in [4.78, 5) is 0. The van der Waals surface area contributed by atoms with Gasteiger partial charge in [0.25, 0.3) is 0 Å². The molecule has 0 bridgehead atoms. The van der Waals surface area contributed by atoms with Crippen LogP contribution in [0.1, 0.15) is 12.5 Å². The van der Waals surface area contributed by atoms with Crippen LogP contribution in [0.2, 0.25) is 5.02 Å². The zero-order chi connectivity index (χ0) is 12.0. The van der Waals surface area contributed by atoms with Crippen molar-refractivity contribution in [2.45, 2.75) is 13.5 Å². The van der Waals surface area contributed by atoms with E-state index >= 15 is 0 Å². The van der Waals surface area contributed by atoms with Crippen LogP contribution in [0.15, 0.2) is 18.2 Å². The highest BCUT2D eigenvalue weighted by Gasteiger charge is 2.02. The van der Waals surface area contributed by atoms with Gasteiger partial charge in [0.05, 0.1) is 0 Å². The van der Waals surface area contributed by atoms with Crippen molar-refractivity contribution >= 4 is 22.4 Å². The number of rotatable bonds is 6. The molecule has 90 valence electrons. The van der Waals surface area contributed by atoms with Crippen LogP contribution in [0.5, 0.6) is 0 Å². The molecule has 0 aliphatic carbocycles. The summed E-state index contributed by atoms with van der Waals surface area (Å²) in [6, 6.07) is 4.61. The molecule has 0 amide bonds. The first-order valence-corrected chi connectivity index (χ1v) is 6.99. The van der Waals surface area contributed by atoms with Gasteiger partial charge in [-0.1, -0.05) is 24.6 Å². The van der Waals surface area contributed by atoms with E-state index in [9.17, 15) is 8.60 Å². The summed E-state index contributed by atoms with van der Waals surface area (Å²) in [7, 11) is -0.771. The second-order valence-corrected chi connectivity index (χ2v) is 5.65. The van der Waals surface area contributed by atoms with E-state index in [1.54, 1.807) is 12.1 Å².